The molecule has 0 atom stereocenters. The van der Waals surface area contributed by atoms with Crippen LogP contribution < -0.4 is 20.5 Å². The summed E-state index contributed by atoms with van der Waals surface area (Å²) in [7, 11) is 0. The molecular formula is C23H23F2N7O2. The molecular weight excluding hydrogens is 444 g/mol. The van der Waals surface area contributed by atoms with Crippen molar-refractivity contribution in [2.45, 2.75) is 13.1 Å². The van der Waals surface area contributed by atoms with Crippen molar-refractivity contribution in [3.05, 3.63) is 65.3 Å². The number of hydrogen-bond donors (Lipinski definition) is 1. The topological polar surface area (TPSA) is 90.1 Å². The Hall–Kier alpha value is -3.86. The average molecular weight is 467 g/mol. The van der Waals surface area contributed by atoms with E-state index in [2.05, 4.69) is 37.5 Å². The van der Waals surface area contributed by atoms with Gasteiger partial charge >= 0.3 is 6.55 Å². The van der Waals surface area contributed by atoms with Crippen LogP contribution in [0.1, 0.15) is 6.55 Å². The molecule has 0 aliphatic carbocycles. The van der Waals surface area contributed by atoms with Crippen LogP contribution in [0.3, 0.4) is 0 Å². The number of piperazine rings is 1. The molecule has 4 aromatic rings. The number of anilines is 1. The lowest BCUT2D eigenvalue weighted by Gasteiger charge is -2.29. The van der Waals surface area contributed by atoms with Crippen LogP contribution in [0.15, 0.2) is 59.8 Å². The molecule has 1 aliphatic rings. The first kappa shape index (κ1) is 22.0. The van der Waals surface area contributed by atoms with Crippen molar-refractivity contribution in [2.24, 2.45) is 0 Å². The summed E-state index contributed by atoms with van der Waals surface area (Å²) in [6.07, 6.45) is 4.18. The maximum Gasteiger partial charge on any atom is 0.333 e. The molecule has 1 aromatic carbocycles. The SMILES string of the molecule is O=c1ccc(-c2cnn(C(F)F)c2)nn1CCOc1ccnc2cc(N3CCNCC3)ccc12. The number of ether oxygens (including phenoxy) is 1. The van der Waals surface area contributed by atoms with Gasteiger partial charge in [0.25, 0.3) is 5.56 Å². The second kappa shape index (κ2) is 9.56. The van der Waals surface area contributed by atoms with E-state index in [1.807, 2.05) is 6.07 Å². The standard InChI is InChI=1S/C23H23F2N7O2/c24-23(25)32-15-16(14-28-32)19-3-4-22(33)31(29-19)11-12-34-21-5-6-27-20-13-17(1-2-18(20)21)30-9-7-26-8-10-30/h1-6,13-15,23,26H,7-12H2. The van der Waals surface area contributed by atoms with E-state index in [0.717, 1.165) is 42.8 Å². The number of nitrogens with zero attached hydrogens (tertiary/aromatic N) is 6. The lowest BCUT2D eigenvalue weighted by atomic mass is 10.1. The number of alkyl halides is 2. The molecule has 0 saturated carbocycles. The summed E-state index contributed by atoms with van der Waals surface area (Å²) in [4.78, 5) is 19.1. The lowest BCUT2D eigenvalue weighted by Crippen LogP contribution is -2.43. The number of rotatable bonds is 7. The number of nitrogens with one attached hydrogen (secondary N) is 1. The first-order valence-corrected chi connectivity index (χ1v) is 11.0. The number of fused-ring (bicyclic) bond motifs is 1. The van der Waals surface area contributed by atoms with E-state index in [4.69, 9.17) is 4.74 Å². The molecule has 9 nitrogen and oxygen atoms in total. The normalized spacial score (nSPS) is 14.1. The summed E-state index contributed by atoms with van der Waals surface area (Å²) in [5.41, 5.74) is 2.42. The van der Waals surface area contributed by atoms with Crippen molar-refractivity contribution >= 4 is 16.6 Å². The molecule has 0 unspecified atom stereocenters. The Kier molecular flexibility index (Phi) is 6.17. The van der Waals surface area contributed by atoms with E-state index < -0.39 is 6.55 Å². The van der Waals surface area contributed by atoms with Gasteiger partial charge in [0.05, 0.1) is 24.0 Å². The summed E-state index contributed by atoms with van der Waals surface area (Å²) >= 11 is 0. The maximum atomic E-state index is 12.8. The zero-order valence-electron chi connectivity index (χ0n) is 18.3. The van der Waals surface area contributed by atoms with Gasteiger partial charge in [-0.3, -0.25) is 9.78 Å². The quantitative estimate of drug-likeness (QED) is 0.447. The summed E-state index contributed by atoms with van der Waals surface area (Å²) in [6.45, 7) is 1.46. The van der Waals surface area contributed by atoms with Gasteiger partial charge in [-0.1, -0.05) is 0 Å². The molecule has 34 heavy (non-hydrogen) atoms. The highest BCUT2D eigenvalue weighted by molar-refractivity contribution is 5.87. The predicted octanol–water partition coefficient (Wildman–Crippen LogP) is 2.54. The number of aromatic nitrogens is 5. The molecule has 0 bridgehead atoms. The van der Waals surface area contributed by atoms with Gasteiger partial charge in [0, 0.05) is 61.3 Å². The van der Waals surface area contributed by atoms with Gasteiger partial charge in [0.2, 0.25) is 0 Å². The molecule has 1 N–H and O–H groups in total. The third kappa shape index (κ3) is 4.60. The van der Waals surface area contributed by atoms with Crippen LogP contribution in [0.4, 0.5) is 14.5 Å². The van der Waals surface area contributed by atoms with Gasteiger partial charge in [-0.2, -0.15) is 19.0 Å². The lowest BCUT2D eigenvalue weighted by molar-refractivity contribution is 0.0566. The van der Waals surface area contributed by atoms with Crippen molar-refractivity contribution in [3.8, 4) is 17.0 Å². The van der Waals surface area contributed by atoms with E-state index in [0.29, 0.717) is 21.7 Å². The van der Waals surface area contributed by atoms with E-state index >= 15 is 0 Å². The van der Waals surface area contributed by atoms with Crippen molar-refractivity contribution in [2.75, 3.05) is 37.7 Å². The Morgan fingerprint density at radius 1 is 1.12 bits per heavy atom. The van der Waals surface area contributed by atoms with Crippen molar-refractivity contribution in [3.63, 3.8) is 0 Å². The van der Waals surface area contributed by atoms with Crippen LogP contribution in [0.25, 0.3) is 22.2 Å². The molecule has 0 radical (unpaired) electrons. The van der Waals surface area contributed by atoms with Crippen LogP contribution in [0, 0.1) is 0 Å². The zero-order valence-corrected chi connectivity index (χ0v) is 18.3. The molecule has 11 heteroatoms. The summed E-state index contributed by atoms with van der Waals surface area (Å²) in [5.74, 6) is 0.666. The van der Waals surface area contributed by atoms with Crippen molar-refractivity contribution < 1.29 is 13.5 Å². The van der Waals surface area contributed by atoms with Crippen LogP contribution in [0.2, 0.25) is 0 Å². The van der Waals surface area contributed by atoms with E-state index in [1.165, 1.54) is 29.2 Å². The molecule has 1 fully saturated rings. The summed E-state index contributed by atoms with van der Waals surface area (Å²) in [5, 5.41) is 12.1. The maximum absolute atomic E-state index is 12.8. The summed E-state index contributed by atoms with van der Waals surface area (Å²) in [6, 6.07) is 10.7. The average Bonchev–Trinajstić information content (AvgIpc) is 3.36. The highest BCUT2D eigenvalue weighted by Gasteiger charge is 2.13. The Bertz CT molecular complexity index is 1350. The van der Waals surface area contributed by atoms with Crippen LogP contribution in [0.5, 0.6) is 5.75 Å². The molecule has 176 valence electrons. The number of halogens is 2. The number of benzene rings is 1. The van der Waals surface area contributed by atoms with Crippen molar-refractivity contribution in [1.29, 1.82) is 0 Å². The first-order chi connectivity index (χ1) is 16.6. The van der Waals surface area contributed by atoms with E-state index in [-0.39, 0.29) is 18.7 Å². The largest absolute Gasteiger partial charge is 0.491 e. The smallest absolute Gasteiger partial charge is 0.333 e. The molecule has 0 spiro atoms. The van der Waals surface area contributed by atoms with Gasteiger partial charge < -0.3 is 15.0 Å². The minimum atomic E-state index is -2.74. The highest BCUT2D eigenvalue weighted by Crippen LogP contribution is 2.28. The predicted molar refractivity (Wildman–Crippen MR) is 123 cm³/mol. The van der Waals surface area contributed by atoms with Crippen molar-refractivity contribution in [1.82, 2.24) is 29.9 Å². The third-order valence-corrected chi connectivity index (χ3v) is 5.69. The number of pyridine rings is 1. The Labute approximate surface area is 193 Å². The fourth-order valence-corrected chi connectivity index (χ4v) is 3.94. The second-order valence-corrected chi connectivity index (χ2v) is 7.86. The second-order valence-electron chi connectivity index (χ2n) is 7.86. The molecule has 0 amide bonds. The molecule has 1 aliphatic heterocycles. The Balaban J connectivity index is 1.29. The monoisotopic (exact) mass is 467 g/mol. The molecule has 4 heterocycles. The van der Waals surface area contributed by atoms with Gasteiger partial charge in [-0.05, 0) is 30.3 Å². The summed E-state index contributed by atoms with van der Waals surface area (Å²) < 4.78 is 33.3. The fourth-order valence-electron chi connectivity index (χ4n) is 3.94. The highest BCUT2D eigenvalue weighted by atomic mass is 19.3. The minimum absolute atomic E-state index is 0.193. The van der Waals surface area contributed by atoms with Crippen LogP contribution in [-0.4, -0.2) is 57.3 Å². The first-order valence-electron chi connectivity index (χ1n) is 11.0. The third-order valence-electron chi connectivity index (χ3n) is 5.69. The fraction of sp³-hybridized carbons (Fsp3) is 0.304. The minimum Gasteiger partial charge on any atom is -0.491 e. The van der Waals surface area contributed by atoms with E-state index in [9.17, 15) is 13.6 Å². The van der Waals surface area contributed by atoms with Gasteiger partial charge in [0.15, 0.2) is 0 Å². The van der Waals surface area contributed by atoms with Crippen LogP contribution in [-0.2, 0) is 6.54 Å². The number of hydrogen-bond acceptors (Lipinski definition) is 7. The molecule has 3 aromatic heterocycles. The van der Waals surface area contributed by atoms with E-state index in [1.54, 1.807) is 12.3 Å². The van der Waals surface area contributed by atoms with Gasteiger partial charge in [-0.25, -0.2) is 9.36 Å². The Morgan fingerprint density at radius 2 is 1.97 bits per heavy atom. The zero-order chi connectivity index (χ0) is 23.5. The molecule has 5 rings (SSSR count). The van der Waals surface area contributed by atoms with Gasteiger partial charge in [-0.15, -0.1) is 0 Å². The van der Waals surface area contributed by atoms with Crippen LogP contribution >= 0.6 is 0 Å². The molecule has 1 saturated heterocycles. The Morgan fingerprint density at radius 3 is 2.76 bits per heavy atom. The van der Waals surface area contributed by atoms with Gasteiger partial charge in [0.1, 0.15) is 12.4 Å².